The van der Waals surface area contributed by atoms with Gasteiger partial charge in [0.25, 0.3) is 5.91 Å². The van der Waals surface area contributed by atoms with Crippen molar-refractivity contribution in [3.8, 4) is 0 Å². The van der Waals surface area contributed by atoms with Crippen LogP contribution in [0.5, 0.6) is 0 Å². The first-order valence-electron chi connectivity index (χ1n) is 9.01. The second-order valence-corrected chi connectivity index (χ2v) is 7.40. The minimum Gasteiger partial charge on any atom is -0.452 e. The van der Waals surface area contributed by atoms with E-state index in [1.807, 2.05) is 48.7 Å². The molecular weight excluding hydrogens is 389 g/mol. The van der Waals surface area contributed by atoms with Gasteiger partial charge in [-0.25, -0.2) is 9.18 Å². The molecule has 0 aliphatic rings. The lowest BCUT2D eigenvalue weighted by atomic mass is 10.1. The molecule has 3 aromatic rings. The molecule has 4 nitrogen and oxygen atoms in total. The molecule has 6 heteroatoms. The summed E-state index contributed by atoms with van der Waals surface area (Å²) in [6.45, 7) is 1.56. The highest BCUT2D eigenvalue weighted by molar-refractivity contribution is 7.10. The molecule has 0 spiro atoms. The summed E-state index contributed by atoms with van der Waals surface area (Å²) in [5.41, 5.74) is 2.70. The Labute approximate surface area is 172 Å². The second-order valence-electron chi connectivity index (χ2n) is 6.42. The van der Waals surface area contributed by atoms with Gasteiger partial charge in [-0.1, -0.05) is 48.0 Å². The van der Waals surface area contributed by atoms with Gasteiger partial charge in [0.05, 0.1) is 6.04 Å². The number of carbonyl (C=O) groups is 2. The van der Waals surface area contributed by atoms with Crippen LogP contribution >= 0.6 is 11.3 Å². The summed E-state index contributed by atoms with van der Waals surface area (Å²) in [4.78, 5) is 25.1. The average molecular weight is 409 g/mol. The third kappa shape index (κ3) is 6.12. The van der Waals surface area contributed by atoms with Crippen molar-refractivity contribution in [3.63, 3.8) is 0 Å². The number of ether oxygens (including phenoxy) is 1. The predicted molar refractivity (Wildman–Crippen MR) is 112 cm³/mol. The molecule has 3 rings (SSSR count). The third-order valence-corrected chi connectivity index (χ3v) is 5.07. The summed E-state index contributed by atoms with van der Waals surface area (Å²) in [5, 5.41) is 4.74. The lowest BCUT2D eigenvalue weighted by Gasteiger charge is -2.18. The van der Waals surface area contributed by atoms with E-state index in [0.717, 1.165) is 21.6 Å². The fraction of sp³-hybridized carbons (Fsp3) is 0.130. The average Bonchev–Trinajstić information content (AvgIpc) is 3.24. The van der Waals surface area contributed by atoms with Gasteiger partial charge < -0.3 is 10.1 Å². The molecule has 0 aliphatic heterocycles. The summed E-state index contributed by atoms with van der Waals surface area (Å²) >= 11 is 1.48. The highest BCUT2D eigenvalue weighted by atomic mass is 32.1. The molecule has 1 aromatic heterocycles. The first-order valence-corrected chi connectivity index (χ1v) is 9.89. The Morgan fingerprint density at radius 1 is 1.14 bits per heavy atom. The number of amides is 1. The van der Waals surface area contributed by atoms with Crippen LogP contribution in [0.3, 0.4) is 0 Å². The molecule has 0 fully saturated rings. The van der Waals surface area contributed by atoms with Gasteiger partial charge in [0.1, 0.15) is 5.82 Å². The van der Waals surface area contributed by atoms with Crippen LogP contribution in [0.15, 0.2) is 72.1 Å². The van der Waals surface area contributed by atoms with Crippen molar-refractivity contribution in [2.24, 2.45) is 0 Å². The van der Waals surface area contributed by atoms with E-state index >= 15 is 0 Å². The van der Waals surface area contributed by atoms with E-state index in [4.69, 9.17) is 4.74 Å². The van der Waals surface area contributed by atoms with Crippen LogP contribution in [-0.2, 0) is 14.3 Å². The highest BCUT2D eigenvalue weighted by Gasteiger charge is 2.18. The number of aryl methyl sites for hydroxylation is 1. The molecule has 2 aromatic carbocycles. The van der Waals surface area contributed by atoms with Crippen LogP contribution in [0.4, 0.5) is 4.39 Å². The van der Waals surface area contributed by atoms with Crippen molar-refractivity contribution >= 4 is 29.3 Å². The fourth-order valence-corrected chi connectivity index (χ4v) is 3.56. The van der Waals surface area contributed by atoms with E-state index in [0.29, 0.717) is 0 Å². The van der Waals surface area contributed by atoms with Crippen LogP contribution < -0.4 is 5.32 Å². The molecule has 0 saturated carbocycles. The number of halogens is 1. The van der Waals surface area contributed by atoms with E-state index in [1.54, 1.807) is 18.2 Å². The van der Waals surface area contributed by atoms with Gasteiger partial charge in [0.15, 0.2) is 6.61 Å². The Bertz CT molecular complexity index is 997. The Balaban J connectivity index is 1.59. The first-order chi connectivity index (χ1) is 14.0. The van der Waals surface area contributed by atoms with Crippen molar-refractivity contribution < 1.29 is 18.7 Å². The molecule has 148 valence electrons. The number of rotatable bonds is 7. The van der Waals surface area contributed by atoms with Crippen LogP contribution in [0.1, 0.15) is 27.6 Å². The normalized spacial score (nSPS) is 11.9. The smallest absolute Gasteiger partial charge is 0.331 e. The van der Waals surface area contributed by atoms with Crippen LogP contribution in [0, 0.1) is 12.7 Å². The quantitative estimate of drug-likeness (QED) is 0.456. The van der Waals surface area contributed by atoms with E-state index in [-0.39, 0.29) is 5.82 Å². The summed E-state index contributed by atoms with van der Waals surface area (Å²) < 4.78 is 18.3. The Hall–Kier alpha value is -3.25. The lowest BCUT2D eigenvalue weighted by molar-refractivity contribution is -0.143. The van der Waals surface area contributed by atoms with Gasteiger partial charge in [-0.3, -0.25) is 4.79 Å². The summed E-state index contributed by atoms with van der Waals surface area (Å²) in [6, 6.07) is 16.9. The maximum Gasteiger partial charge on any atom is 0.331 e. The van der Waals surface area contributed by atoms with Crippen molar-refractivity contribution in [2.45, 2.75) is 13.0 Å². The monoisotopic (exact) mass is 409 g/mol. The summed E-state index contributed by atoms with van der Waals surface area (Å²) in [7, 11) is 0. The van der Waals surface area contributed by atoms with Crippen molar-refractivity contribution in [3.05, 3.63) is 99.5 Å². The number of esters is 1. The van der Waals surface area contributed by atoms with Crippen molar-refractivity contribution in [2.75, 3.05) is 6.61 Å². The summed E-state index contributed by atoms with van der Waals surface area (Å²) in [6.07, 6.45) is 2.93. The van der Waals surface area contributed by atoms with E-state index in [1.165, 1.54) is 29.5 Å². The number of hydrogen-bond acceptors (Lipinski definition) is 4. The number of nitrogens with one attached hydrogen (secondary N) is 1. The molecule has 1 N–H and O–H groups in total. The van der Waals surface area contributed by atoms with Gasteiger partial charge in [-0.05, 0) is 47.7 Å². The maximum absolute atomic E-state index is 13.2. The zero-order valence-electron chi connectivity index (χ0n) is 15.8. The van der Waals surface area contributed by atoms with Crippen molar-refractivity contribution in [1.82, 2.24) is 5.32 Å². The zero-order valence-corrected chi connectivity index (χ0v) is 16.6. The third-order valence-electron chi connectivity index (χ3n) is 4.14. The Morgan fingerprint density at radius 3 is 2.62 bits per heavy atom. The number of carbonyl (C=O) groups excluding carboxylic acids is 2. The van der Waals surface area contributed by atoms with E-state index in [2.05, 4.69) is 5.32 Å². The van der Waals surface area contributed by atoms with Crippen LogP contribution in [0.2, 0.25) is 0 Å². The molecule has 0 bridgehead atoms. The molecule has 29 heavy (non-hydrogen) atoms. The molecule has 0 unspecified atom stereocenters. The van der Waals surface area contributed by atoms with Gasteiger partial charge >= 0.3 is 5.97 Å². The molecule has 1 atom stereocenters. The second kappa shape index (κ2) is 9.80. The van der Waals surface area contributed by atoms with E-state index in [9.17, 15) is 14.0 Å². The van der Waals surface area contributed by atoms with Crippen LogP contribution in [0.25, 0.3) is 6.08 Å². The zero-order chi connectivity index (χ0) is 20.6. The first kappa shape index (κ1) is 20.5. The van der Waals surface area contributed by atoms with Gasteiger partial charge in [0, 0.05) is 11.0 Å². The molecule has 0 radical (unpaired) electrons. The number of benzene rings is 2. The topological polar surface area (TPSA) is 55.4 Å². The fourth-order valence-electron chi connectivity index (χ4n) is 2.75. The summed E-state index contributed by atoms with van der Waals surface area (Å²) in [5.74, 6) is -1.39. The minimum absolute atomic E-state index is 0.348. The van der Waals surface area contributed by atoms with Crippen molar-refractivity contribution in [1.29, 1.82) is 0 Å². The lowest BCUT2D eigenvalue weighted by Crippen LogP contribution is -2.32. The Kier molecular flexibility index (Phi) is 6.92. The molecule has 1 amide bonds. The molecular formula is C23H20FNO3S. The highest BCUT2D eigenvalue weighted by Crippen LogP contribution is 2.26. The molecule has 0 saturated heterocycles. The SMILES string of the molecule is Cc1cccc(/C=C/C(=O)OCC(=O)N[C@H](c2ccc(F)cc2)c2cccs2)c1. The largest absolute Gasteiger partial charge is 0.452 e. The molecule has 0 aliphatic carbocycles. The van der Waals surface area contributed by atoms with E-state index < -0.39 is 24.5 Å². The van der Waals surface area contributed by atoms with Crippen LogP contribution in [-0.4, -0.2) is 18.5 Å². The standard InChI is InChI=1S/C23H20FNO3S/c1-16-4-2-5-17(14-16)7-12-22(27)28-15-21(26)25-23(20-6-3-13-29-20)18-8-10-19(24)11-9-18/h2-14,23H,15H2,1H3,(H,25,26)/b12-7+/t23-/m1/s1. The van der Waals surface area contributed by atoms with Gasteiger partial charge in [-0.2, -0.15) is 0 Å². The number of hydrogen-bond donors (Lipinski definition) is 1. The van der Waals surface area contributed by atoms with Gasteiger partial charge in [0.2, 0.25) is 0 Å². The molecule has 1 heterocycles. The number of thiophene rings is 1. The minimum atomic E-state index is -0.601. The maximum atomic E-state index is 13.2. The predicted octanol–water partition coefficient (Wildman–Crippen LogP) is 4.66. The Morgan fingerprint density at radius 2 is 1.93 bits per heavy atom. The van der Waals surface area contributed by atoms with Gasteiger partial charge in [-0.15, -0.1) is 11.3 Å².